The van der Waals surface area contributed by atoms with Crippen LogP contribution in [0.25, 0.3) is 11.3 Å². The Balaban J connectivity index is 1.19. The van der Waals surface area contributed by atoms with Gasteiger partial charge in [-0.15, -0.1) is 0 Å². The molecule has 1 aliphatic carbocycles. The monoisotopic (exact) mass is 424 g/mol. The van der Waals surface area contributed by atoms with Crippen molar-refractivity contribution in [1.29, 1.82) is 0 Å². The van der Waals surface area contributed by atoms with Crippen molar-refractivity contribution in [3.8, 4) is 17.1 Å². The van der Waals surface area contributed by atoms with E-state index in [0.29, 0.717) is 24.6 Å². The molecule has 0 spiro atoms. The highest BCUT2D eigenvalue weighted by atomic mass is 16.5. The Labute approximate surface area is 186 Å². The number of nitrogens with two attached hydrogens (primary N) is 1. The first kappa shape index (κ1) is 20.0. The molecule has 6 nitrogen and oxygen atoms in total. The van der Waals surface area contributed by atoms with Crippen LogP contribution in [0.4, 0.5) is 5.82 Å². The normalized spacial score (nSPS) is 19.3. The number of hydrogen-bond acceptors (Lipinski definition) is 6. The fourth-order valence-corrected chi connectivity index (χ4v) is 3.87. The lowest BCUT2D eigenvalue weighted by Crippen LogP contribution is -2.28. The lowest BCUT2D eigenvalue weighted by Gasteiger charge is -2.30. The molecule has 3 aromatic rings. The second-order valence-corrected chi connectivity index (χ2v) is 8.26. The van der Waals surface area contributed by atoms with Crippen LogP contribution < -0.4 is 10.5 Å². The molecular formula is C26H24N4O2. The topological polar surface area (TPSA) is 86.5 Å². The van der Waals surface area contributed by atoms with Gasteiger partial charge in [0, 0.05) is 24.1 Å². The molecule has 5 rings (SSSR count). The van der Waals surface area contributed by atoms with Crippen LogP contribution in [0.5, 0.6) is 5.75 Å². The molecule has 0 saturated carbocycles. The third-order valence-electron chi connectivity index (χ3n) is 5.80. The SMILES string of the molecule is CC12C=CC=CC1=NC(COc1ccc(Cc3cc(-c4cccnc4N)on3)cc1)=CC2. The highest BCUT2D eigenvalue weighted by molar-refractivity contribution is 6.03. The van der Waals surface area contributed by atoms with E-state index in [0.717, 1.165) is 40.4 Å². The maximum atomic E-state index is 5.97. The van der Waals surface area contributed by atoms with Crippen molar-refractivity contribution in [2.45, 2.75) is 19.8 Å². The van der Waals surface area contributed by atoms with Gasteiger partial charge in [0.25, 0.3) is 0 Å². The molecule has 32 heavy (non-hydrogen) atoms. The number of nitrogens with zero attached hydrogens (tertiary/aromatic N) is 3. The number of fused-ring (bicyclic) bond motifs is 1. The number of nitrogen functional groups attached to an aromatic ring is 1. The molecule has 2 aromatic heterocycles. The van der Waals surface area contributed by atoms with Gasteiger partial charge >= 0.3 is 0 Å². The van der Waals surface area contributed by atoms with Crippen LogP contribution in [-0.4, -0.2) is 22.5 Å². The number of anilines is 1. The largest absolute Gasteiger partial charge is 0.487 e. The first-order valence-corrected chi connectivity index (χ1v) is 10.6. The van der Waals surface area contributed by atoms with E-state index in [4.69, 9.17) is 20.0 Å². The van der Waals surface area contributed by atoms with Gasteiger partial charge in [0.15, 0.2) is 5.76 Å². The fraction of sp³-hybridized carbons (Fsp3) is 0.192. The molecule has 1 aromatic carbocycles. The lowest BCUT2D eigenvalue weighted by atomic mass is 9.77. The van der Waals surface area contributed by atoms with E-state index in [1.165, 1.54) is 0 Å². The van der Waals surface area contributed by atoms with Gasteiger partial charge < -0.3 is 15.0 Å². The van der Waals surface area contributed by atoms with E-state index >= 15 is 0 Å². The molecule has 1 aliphatic heterocycles. The van der Waals surface area contributed by atoms with Gasteiger partial charge in [0.1, 0.15) is 18.2 Å². The summed E-state index contributed by atoms with van der Waals surface area (Å²) in [6.07, 6.45) is 13.8. The third-order valence-corrected chi connectivity index (χ3v) is 5.80. The molecule has 0 saturated heterocycles. The van der Waals surface area contributed by atoms with Gasteiger partial charge in [-0.05, 0) is 42.3 Å². The molecule has 1 atom stereocenters. The Hall–Kier alpha value is -3.93. The van der Waals surface area contributed by atoms with Gasteiger partial charge in [0.05, 0.1) is 22.7 Å². The molecule has 0 amide bonds. The van der Waals surface area contributed by atoms with Crippen molar-refractivity contribution >= 4 is 11.5 Å². The van der Waals surface area contributed by atoms with Crippen LogP contribution in [-0.2, 0) is 6.42 Å². The van der Waals surface area contributed by atoms with E-state index in [-0.39, 0.29) is 5.41 Å². The van der Waals surface area contributed by atoms with Crippen LogP contribution in [0.2, 0.25) is 0 Å². The molecule has 0 radical (unpaired) electrons. The van der Waals surface area contributed by atoms with Gasteiger partial charge in [-0.3, -0.25) is 4.99 Å². The predicted octanol–water partition coefficient (Wildman–Crippen LogP) is 5.15. The number of allylic oxidation sites excluding steroid dienone is 5. The quantitative estimate of drug-likeness (QED) is 0.591. The first-order valence-electron chi connectivity index (χ1n) is 10.6. The molecule has 3 heterocycles. The van der Waals surface area contributed by atoms with Crippen LogP contribution in [0.3, 0.4) is 0 Å². The number of aromatic nitrogens is 2. The summed E-state index contributed by atoms with van der Waals surface area (Å²) in [4.78, 5) is 8.87. The first-order chi connectivity index (χ1) is 15.6. The zero-order chi connectivity index (χ0) is 22.0. The highest BCUT2D eigenvalue weighted by Crippen LogP contribution is 2.34. The van der Waals surface area contributed by atoms with Crippen LogP contribution in [0.15, 0.2) is 94.3 Å². The summed E-state index contributed by atoms with van der Waals surface area (Å²) in [7, 11) is 0. The summed E-state index contributed by atoms with van der Waals surface area (Å²) in [6.45, 7) is 2.66. The molecule has 2 N–H and O–H groups in total. The number of rotatable bonds is 6. The van der Waals surface area contributed by atoms with Gasteiger partial charge in [-0.2, -0.15) is 0 Å². The van der Waals surface area contributed by atoms with Gasteiger partial charge in [-0.1, -0.05) is 48.5 Å². The van der Waals surface area contributed by atoms with Gasteiger partial charge in [-0.25, -0.2) is 4.98 Å². The summed E-state index contributed by atoms with van der Waals surface area (Å²) in [5, 5.41) is 4.17. The average Bonchev–Trinajstić information content (AvgIpc) is 3.27. The van der Waals surface area contributed by atoms with Crippen LogP contribution in [0, 0.1) is 5.41 Å². The average molecular weight is 425 g/mol. The minimum absolute atomic E-state index is 0.00360. The van der Waals surface area contributed by atoms with Crippen molar-refractivity contribution in [3.05, 3.63) is 96.0 Å². The Morgan fingerprint density at radius 2 is 2.03 bits per heavy atom. The van der Waals surface area contributed by atoms with Crippen molar-refractivity contribution in [2.24, 2.45) is 10.4 Å². The second kappa shape index (κ2) is 8.30. The Kier molecular flexibility index (Phi) is 5.19. The van der Waals surface area contributed by atoms with Crippen molar-refractivity contribution in [3.63, 3.8) is 0 Å². The highest BCUT2D eigenvalue weighted by Gasteiger charge is 2.29. The van der Waals surface area contributed by atoms with E-state index in [1.807, 2.05) is 48.5 Å². The third kappa shape index (κ3) is 4.12. The van der Waals surface area contributed by atoms with E-state index in [1.54, 1.807) is 6.20 Å². The smallest absolute Gasteiger partial charge is 0.170 e. The lowest BCUT2D eigenvalue weighted by molar-refractivity contribution is 0.348. The standard InChI is InChI=1S/C26H24N4O2/c1-26-12-3-2-6-24(26)29-19(11-13-26)17-31-21-9-7-18(8-10-21)15-20-16-23(32-30-20)22-5-4-14-28-25(22)27/h2-12,14,16H,13,15,17H2,1H3,(H2,27,28). The maximum Gasteiger partial charge on any atom is 0.170 e. The maximum absolute atomic E-state index is 5.97. The number of benzene rings is 1. The molecule has 160 valence electrons. The molecule has 1 unspecified atom stereocenters. The summed E-state index contributed by atoms with van der Waals surface area (Å²) in [6, 6.07) is 13.6. The van der Waals surface area contributed by atoms with Crippen LogP contribution >= 0.6 is 0 Å². The molecule has 0 bridgehead atoms. The summed E-state index contributed by atoms with van der Waals surface area (Å²) >= 11 is 0. The van der Waals surface area contributed by atoms with Crippen molar-refractivity contribution in [2.75, 3.05) is 12.3 Å². The molecule has 0 fully saturated rings. The van der Waals surface area contributed by atoms with Crippen molar-refractivity contribution < 1.29 is 9.26 Å². The number of ether oxygens (including phenoxy) is 1. The molecule has 2 aliphatic rings. The van der Waals surface area contributed by atoms with Gasteiger partial charge in [0.2, 0.25) is 0 Å². The number of aliphatic imine (C=N–C) groups is 1. The predicted molar refractivity (Wildman–Crippen MR) is 125 cm³/mol. The zero-order valence-corrected chi connectivity index (χ0v) is 17.9. The summed E-state index contributed by atoms with van der Waals surface area (Å²) in [5.41, 5.74) is 10.7. The minimum Gasteiger partial charge on any atom is -0.487 e. The van der Waals surface area contributed by atoms with E-state index < -0.39 is 0 Å². The summed E-state index contributed by atoms with van der Waals surface area (Å²) in [5.74, 6) is 1.86. The minimum atomic E-state index is 0.00360. The Morgan fingerprint density at radius 3 is 2.88 bits per heavy atom. The Morgan fingerprint density at radius 1 is 1.16 bits per heavy atom. The second-order valence-electron chi connectivity index (χ2n) is 8.26. The summed E-state index contributed by atoms with van der Waals surface area (Å²) < 4.78 is 11.4. The Bertz CT molecular complexity index is 1250. The van der Waals surface area contributed by atoms with E-state index in [9.17, 15) is 0 Å². The number of hydrogen-bond donors (Lipinski definition) is 1. The van der Waals surface area contributed by atoms with E-state index in [2.05, 4.69) is 41.4 Å². The molecule has 6 heteroatoms. The molecular weight excluding hydrogens is 400 g/mol. The van der Waals surface area contributed by atoms with Crippen LogP contribution in [0.1, 0.15) is 24.6 Å². The zero-order valence-electron chi connectivity index (χ0n) is 17.9. The number of pyridine rings is 1. The fourth-order valence-electron chi connectivity index (χ4n) is 3.87. The van der Waals surface area contributed by atoms with Crippen molar-refractivity contribution in [1.82, 2.24) is 10.1 Å².